The Labute approximate surface area is 179 Å². The van der Waals surface area contributed by atoms with Crippen LogP contribution in [0.15, 0.2) is 59.5 Å². The van der Waals surface area contributed by atoms with E-state index in [1.807, 2.05) is 25.2 Å². The third kappa shape index (κ3) is 5.40. The maximum Gasteiger partial charge on any atom is 0.243 e. The van der Waals surface area contributed by atoms with E-state index in [-0.39, 0.29) is 23.3 Å². The fourth-order valence-electron chi connectivity index (χ4n) is 3.85. The number of benzene rings is 2. The zero-order valence-corrected chi connectivity index (χ0v) is 18.5. The van der Waals surface area contributed by atoms with E-state index in [4.69, 9.17) is 4.74 Å². The second kappa shape index (κ2) is 10.1. The number of hydrogen-bond donors (Lipinski definition) is 0. The molecule has 1 unspecified atom stereocenters. The third-order valence-corrected chi connectivity index (χ3v) is 7.49. The average molecular weight is 431 g/mol. The van der Waals surface area contributed by atoms with Gasteiger partial charge in [-0.15, -0.1) is 0 Å². The number of methoxy groups -OCH3 is 1. The van der Waals surface area contributed by atoms with E-state index in [0.29, 0.717) is 25.3 Å². The highest BCUT2D eigenvalue weighted by atomic mass is 32.2. The first-order valence-corrected chi connectivity index (χ1v) is 11.8. The molecule has 0 N–H and O–H groups in total. The molecule has 1 aliphatic rings. The van der Waals surface area contributed by atoms with Gasteiger partial charge in [0.2, 0.25) is 15.9 Å². The van der Waals surface area contributed by atoms with Crippen LogP contribution in [0.5, 0.6) is 5.75 Å². The Morgan fingerprint density at radius 3 is 2.50 bits per heavy atom. The summed E-state index contributed by atoms with van der Waals surface area (Å²) in [4.78, 5) is 14.9. The van der Waals surface area contributed by atoms with Crippen LogP contribution in [0.3, 0.4) is 0 Å². The molecule has 162 valence electrons. The van der Waals surface area contributed by atoms with Crippen molar-refractivity contribution in [3.8, 4) is 5.75 Å². The van der Waals surface area contributed by atoms with E-state index in [0.717, 1.165) is 19.3 Å². The summed E-state index contributed by atoms with van der Waals surface area (Å²) in [6.07, 6.45) is 3.20. The molecular formula is C23H30N2O4S. The van der Waals surface area contributed by atoms with E-state index < -0.39 is 10.0 Å². The Balaban J connectivity index is 1.58. The molecule has 0 saturated carbocycles. The number of carbonyl (C=O) groups excluding carboxylic acids is 1. The van der Waals surface area contributed by atoms with Gasteiger partial charge in [-0.1, -0.05) is 30.3 Å². The Morgan fingerprint density at radius 2 is 1.83 bits per heavy atom. The molecule has 2 aromatic rings. The summed E-state index contributed by atoms with van der Waals surface area (Å²) in [5.74, 6) is 0.337. The molecule has 1 atom stereocenters. The molecule has 1 amide bonds. The number of ether oxygens (including phenoxy) is 1. The van der Waals surface area contributed by atoms with E-state index >= 15 is 0 Å². The minimum absolute atomic E-state index is 0.0256. The molecular weight excluding hydrogens is 400 g/mol. The zero-order chi connectivity index (χ0) is 21.6. The maximum atomic E-state index is 13.0. The monoisotopic (exact) mass is 430 g/mol. The van der Waals surface area contributed by atoms with Gasteiger partial charge in [-0.2, -0.15) is 4.31 Å². The molecule has 0 bridgehead atoms. The average Bonchev–Trinajstić information content (AvgIpc) is 2.79. The van der Waals surface area contributed by atoms with Crippen molar-refractivity contribution in [2.45, 2.75) is 30.6 Å². The van der Waals surface area contributed by atoms with Gasteiger partial charge in [0.05, 0.1) is 17.9 Å². The molecule has 7 heteroatoms. The van der Waals surface area contributed by atoms with Crippen molar-refractivity contribution in [3.63, 3.8) is 0 Å². The van der Waals surface area contributed by atoms with Crippen molar-refractivity contribution >= 4 is 15.9 Å². The smallest absolute Gasteiger partial charge is 0.243 e. The lowest BCUT2D eigenvalue weighted by Crippen LogP contribution is -2.46. The van der Waals surface area contributed by atoms with Crippen molar-refractivity contribution < 1.29 is 17.9 Å². The van der Waals surface area contributed by atoms with Crippen LogP contribution in [0.2, 0.25) is 0 Å². The molecule has 0 spiro atoms. The van der Waals surface area contributed by atoms with Gasteiger partial charge in [0.25, 0.3) is 0 Å². The van der Waals surface area contributed by atoms with Gasteiger partial charge < -0.3 is 9.64 Å². The van der Waals surface area contributed by atoms with Gasteiger partial charge in [-0.25, -0.2) is 8.42 Å². The normalized spacial score (nSPS) is 17.5. The summed E-state index contributed by atoms with van der Waals surface area (Å²) in [6.45, 7) is 1.33. The van der Waals surface area contributed by atoms with Crippen LogP contribution >= 0.6 is 0 Å². The van der Waals surface area contributed by atoms with Crippen LogP contribution in [0.4, 0.5) is 0 Å². The topological polar surface area (TPSA) is 66.9 Å². The minimum Gasteiger partial charge on any atom is -0.497 e. The highest BCUT2D eigenvalue weighted by Crippen LogP contribution is 2.26. The lowest BCUT2D eigenvalue weighted by atomic mass is 9.98. The fourth-order valence-corrected chi connectivity index (χ4v) is 5.37. The van der Waals surface area contributed by atoms with Crippen LogP contribution in [0.25, 0.3) is 0 Å². The molecule has 6 nitrogen and oxygen atoms in total. The highest BCUT2D eigenvalue weighted by molar-refractivity contribution is 7.89. The van der Waals surface area contributed by atoms with Crippen LogP contribution < -0.4 is 4.74 Å². The van der Waals surface area contributed by atoms with Gasteiger partial charge in [0.15, 0.2) is 0 Å². The number of sulfonamides is 1. The molecule has 1 heterocycles. The number of rotatable bonds is 8. The molecule has 1 aliphatic heterocycles. The number of carbonyl (C=O) groups is 1. The summed E-state index contributed by atoms with van der Waals surface area (Å²) >= 11 is 0. The molecule has 0 radical (unpaired) electrons. The Kier molecular flexibility index (Phi) is 7.50. The van der Waals surface area contributed by atoms with Crippen molar-refractivity contribution in [1.82, 2.24) is 9.21 Å². The lowest BCUT2D eigenvalue weighted by molar-refractivity contribution is -0.135. The SMILES string of the molecule is COc1ccc(S(=O)(=O)N2CCCC(C(=O)N(C)CCCc3ccccc3)C2)cc1. The van der Waals surface area contributed by atoms with E-state index in [2.05, 4.69) is 12.1 Å². The standard InChI is InChI=1S/C23H30N2O4S/c1-24(16-6-10-19-8-4-3-5-9-19)23(26)20-11-7-17-25(18-20)30(27,28)22-14-12-21(29-2)13-15-22/h3-5,8-9,12-15,20H,6-7,10-11,16-18H2,1-2H3. The second-order valence-electron chi connectivity index (χ2n) is 7.73. The molecule has 1 fully saturated rings. The van der Waals surface area contributed by atoms with Gasteiger partial charge in [-0.3, -0.25) is 4.79 Å². The first-order valence-electron chi connectivity index (χ1n) is 10.3. The highest BCUT2D eigenvalue weighted by Gasteiger charge is 2.34. The second-order valence-corrected chi connectivity index (χ2v) is 9.66. The molecule has 0 aromatic heterocycles. The van der Waals surface area contributed by atoms with Gasteiger partial charge in [-0.05, 0) is 55.5 Å². The van der Waals surface area contributed by atoms with Gasteiger partial charge >= 0.3 is 0 Å². The first kappa shape index (κ1) is 22.3. The first-order chi connectivity index (χ1) is 14.4. The molecule has 2 aromatic carbocycles. The lowest BCUT2D eigenvalue weighted by Gasteiger charge is -2.33. The summed E-state index contributed by atoms with van der Waals surface area (Å²) in [5, 5.41) is 0. The largest absolute Gasteiger partial charge is 0.497 e. The number of aryl methyl sites for hydroxylation is 1. The molecule has 0 aliphatic carbocycles. The molecule has 3 rings (SSSR count). The fraction of sp³-hybridized carbons (Fsp3) is 0.435. The molecule has 30 heavy (non-hydrogen) atoms. The van der Waals surface area contributed by atoms with Gasteiger partial charge in [0.1, 0.15) is 5.75 Å². The Bertz CT molecular complexity index is 929. The minimum atomic E-state index is -3.63. The van der Waals surface area contributed by atoms with Crippen molar-refractivity contribution in [2.75, 3.05) is 33.8 Å². The summed E-state index contributed by atoms with van der Waals surface area (Å²) in [7, 11) is -0.273. The molecule has 1 saturated heterocycles. The summed E-state index contributed by atoms with van der Waals surface area (Å²) in [5.41, 5.74) is 1.26. The maximum absolute atomic E-state index is 13.0. The van der Waals surface area contributed by atoms with Crippen LogP contribution in [-0.2, 0) is 21.2 Å². The van der Waals surface area contributed by atoms with E-state index in [1.165, 1.54) is 9.87 Å². The van der Waals surface area contributed by atoms with Crippen LogP contribution in [-0.4, -0.2) is 57.3 Å². The zero-order valence-electron chi connectivity index (χ0n) is 17.7. The number of nitrogens with zero attached hydrogens (tertiary/aromatic N) is 2. The van der Waals surface area contributed by atoms with Crippen LogP contribution in [0.1, 0.15) is 24.8 Å². The summed E-state index contributed by atoms with van der Waals surface area (Å²) < 4.78 is 32.6. The van der Waals surface area contributed by atoms with Gasteiger partial charge in [0, 0.05) is 26.7 Å². The number of piperidine rings is 1. The van der Waals surface area contributed by atoms with E-state index in [1.54, 1.807) is 36.3 Å². The van der Waals surface area contributed by atoms with E-state index in [9.17, 15) is 13.2 Å². The summed E-state index contributed by atoms with van der Waals surface area (Å²) in [6, 6.07) is 16.6. The van der Waals surface area contributed by atoms with Crippen molar-refractivity contribution in [1.29, 1.82) is 0 Å². The third-order valence-electron chi connectivity index (χ3n) is 5.61. The Hall–Kier alpha value is -2.38. The predicted octanol–water partition coefficient (Wildman–Crippen LogP) is 3.19. The predicted molar refractivity (Wildman–Crippen MR) is 117 cm³/mol. The van der Waals surface area contributed by atoms with Crippen molar-refractivity contribution in [3.05, 3.63) is 60.2 Å². The quantitative estimate of drug-likeness (QED) is 0.645. The number of hydrogen-bond acceptors (Lipinski definition) is 4. The number of amides is 1. The van der Waals surface area contributed by atoms with Crippen molar-refractivity contribution in [2.24, 2.45) is 5.92 Å². The van der Waals surface area contributed by atoms with Crippen LogP contribution in [0, 0.1) is 5.92 Å². The Morgan fingerprint density at radius 1 is 1.13 bits per heavy atom.